The lowest BCUT2D eigenvalue weighted by molar-refractivity contribution is -0.121. The third-order valence-corrected chi connectivity index (χ3v) is 5.67. The van der Waals surface area contributed by atoms with Crippen LogP contribution in [-0.4, -0.2) is 26.6 Å². The fraction of sp³-hybridized carbons (Fsp3) is 0.240. The molecule has 0 aliphatic heterocycles. The van der Waals surface area contributed by atoms with Crippen LogP contribution in [0.4, 0.5) is 0 Å². The lowest BCUT2D eigenvalue weighted by atomic mass is 10.1. The Morgan fingerprint density at radius 3 is 2.42 bits per heavy atom. The van der Waals surface area contributed by atoms with E-state index in [0.717, 1.165) is 23.4 Å². The molecule has 0 saturated heterocycles. The molecule has 0 radical (unpaired) electrons. The molecule has 2 aromatic heterocycles. The maximum Gasteiger partial charge on any atom is 0.263 e. The van der Waals surface area contributed by atoms with Crippen molar-refractivity contribution in [2.24, 2.45) is 0 Å². The summed E-state index contributed by atoms with van der Waals surface area (Å²) in [4.78, 5) is 30.1. The quantitative estimate of drug-likeness (QED) is 0.525. The molecule has 2 heterocycles. The fourth-order valence-corrected chi connectivity index (χ4v) is 3.80. The van der Waals surface area contributed by atoms with Crippen molar-refractivity contribution in [2.75, 3.05) is 6.54 Å². The number of aryl methyl sites for hydroxylation is 2. The number of para-hydroxylation sites is 1. The van der Waals surface area contributed by atoms with Gasteiger partial charge >= 0.3 is 0 Å². The second-order valence-corrected chi connectivity index (χ2v) is 7.84. The van der Waals surface area contributed by atoms with Crippen LogP contribution >= 0.6 is 0 Å². The normalized spacial score (nSPS) is 11.1. The van der Waals surface area contributed by atoms with Gasteiger partial charge in [-0.2, -0.15) is 0 Å². The van der Waals surface area contributed by atoms with Gasteiger partial charge in [0.2, 0.25) is 5.91 Å². The fourth-order valence-electron chi connectivity index (χ4n) is 3.80. The van der Waals surface area contributed by atoms with Gasteiger partial charge in [-0.05, 0) is 50.5 Å². The molecular formula is C25H26N4O2. The van der Waals surface area contributed by atoms with Gasteiger partial charge < -0.3 is 5.32 Å². The van der Waals surface area contributed by atoms with E-state index < -0.39 is 0 Å². The van der Waals surface area contributed by atoms with Gasteiger partial charge in [0.05, 0.1) is 5.39 Å². The maximum absolute atomic E-state index is 13.1. The summed E-state index contributed by atoms with van der Waals surface area (Å²) in [6.07, 6.45) is 2.21. The molecule has 1 amide bonds. The van der Waals surface area contributed by atoms with Crippen molar-refractivity contribution >= 4 is 16.9 Å². The average molecular weight is 415 g/mol. The van der Waals surface area contributed by atoms with E-state index in [-0.39, 0.29) is 18.0 Å². The van der Waals surface area contributed by atoms with Crippen molar-refractivity contribution < 1.29 is 4.79 Å². The van der Waals surface area contributed by atoms with Crippen LogP contribution < -0.4 is 10.9 Å². The van der Waals surface area contributed by atoms with E-state index in [4.69, 9.17) is 0 Å². The van der Waals surface area contributed by atoms with Gasteiger partial charge in [-0.25, -0.2) is 4.98 Å². The van der Waals surface area contributed by atoms with Crippen LogP contribution in [-0.2, 0) is 17.8 Å². The Hall–Kier alpha value is -3.67. The Morgan fingerprint density at radius 2 is 1.71 bits per heavy atom. The van der Waals surface area contributed by atoms with E-state index in [1.807, 2.05) is 55.7 Å². The Morgan fingerprint density at radius 1 is 1.00 bits per heavy atom. The van der Waals surface area contributed by atoms with E-state index in [0.29, 0.717) is 17.6 Å². The summed E-state index contributed by atoms with van der Waals surface area (Å²) in [6.45, 7) is 6.42. The van der Waals surface area contributed by atoms with Gasteiger partial charge in [-0.3, -0.25) is 18.7 Å². The van der Waals surface area contributed by atoms with Gasteiger partial charge in [0.15, 0.2) is 5.65 Å². The molecule has 0 spiro atoms. The average Bonchev–Trinajstić information content (AvgIpc) is 3.03. The highest BCUT2D eigenvalue weighted by molar-refractivity contribution is 5.83. The first-order valence-corrected chi connectivity index (χ1v) is 10.4. The molecule has 4 rings (SSSR count). The highest BCUT2D eigenvalue weighted by Crippen LogP contribution is 2.24. The summed E-state index contributed by atoms with van der Waals surface area (Å²) in [7, 11) is 0. The summed E-state index contributed by atoms with van der Waals surface area (Å²) >= 11 is 0. The Kier molecular flexibility index (Phi) is 5.71. The number of hydrogen-bond acceptors (Lipinski definition) is 3. The van der Waals surface area contributed by atoms with E-state index in [1.54, 1.807) is 0 Å². The van der Waals surface area contributed by atoms with Crippen molar-refractivity contribution in [2.45, 2.75) is 33.7 Å². The molecule has 1 N–H and O–H groups in total. The zero-order chi connectivity index (χ0) is 22.0. The first kappa shape index (κ1) is 20.6. The molecule has 0 bridgehead atoms. The van der Waals surface area contributed by atoms with Gasteiger partial charge in [0, 0.05) is 17.9 Å². The number of rotatable bonds is 6. The Labute approximate surface area is 181 Å². The van der Waals surface area contributed by atoms with Crippen LogP contribution in [0.15, 0.2) is 65.7 Å². The SMILES string of the molecule is Cc1ccc(CCNC(=O)Cn2cnc3c(c(C)c(C)n3-c3ccccc3)c2=O)cc1. The number of carbonyl (C=O) groups excluding carboxylic acids is 1. The van der Waals surface area contributed by atoms with Crippen molar-refractivity contribution in [3.63, 3.8) is 0 Å². The van der Waals surface area contributed by atoms with Gasteiger partial charge in [-0.1, -0.05) is 48.0 Å². The number of nitrogens with zero attached hydrogens (tertiary/aromatic N) is 3. The zero-order valence-corrected chi connectivity index (χ0v) is 18.1. The number of fused-ring (bicyclic) bond motifs is 1. The van der Waals surface area contributed by atoms with E-state index in [9.17, 15) is 9.59 Å². The Balaban J connectivity index is 1.53. The van der Waals surface area contributed by atoms with E-state index in [2.05, 4.69) is 34.6 Å². The summed E-state index contributed by atoms with van der Waals surface area (Å²) in [6, 6.07) is 18.1. The van der Waals surface area contributed by atoms with Crippen LogP contribution in [0.5, 0.6) is 0 Å². The number of amides is 1. The van der Waals surface area contributed by atoms with Crippen LogP contribution in [0.2, 0.25) is 0 Å². The summed E-state index contributed by atoms with van der Waals surface area (Å²) in [5, 5.41) is 3.45. The highest BCUT2D eigenvalue weighted by Gasteiger charge is 2.18. The second-order valence-electron chi connectivity index (χ2n) is 7.84. The highest BCUT2D eigenvalue weighted by atomic mass is 16.2. The Bertz CT molecular complexity index is 1290. The standard InChI is InChI=1S/C25H26N4O2/c1-17-9-11-20(12-10-17)13-14-26-22(30)15-28-16-27-24-23(25(28)31)18(2)19(3)29(24)21-7-5-4-6-8-21/h4-12,16H,13-15H2,1-3H3,(H,26,30). The minimum atomic E-state index is -0.202. The molecule has 158 valence electrons. The molecule has 4 aromatic rings. The second kappa shape index (κ2) is 8.60. The largest absolute Gasteiger partial charge is 0.354 e. The first-order chi connectivity index (χ1) is 15.0. The van der Waals surface area contributed by atoms with Crippen molar-refractivity contribution in [3.8, 4) is 5.69 Å². The van der Waals surface area contributed by atoms with Crippen LogP contribution in [0, 0.1) is 20.8 Å². The lowest BCUT2D eigenvalue weighted by Gasteiger charge is -2.09. The molecule has 0 aliphatic rings. The smallest absolute Gasteiger partial charge is 0.263 e. The lowest BCUT2D eigenvalue weighted by Crippen LogP contribution is -2.33. The van der Waals surface area contributed by atoms with Gasteiger partial charge in [-0.15, -0.1) is 0 Å². The number of hydrogen-bond donors (Lipinski definition) is 1. The third kappa shape index (κ3) is 4.14. The summed E-state index contributed by atoms with van der Waals surface area (Å²) < 4.78 is 3.36. The van der Waals surface area contributed by atoms with Crippen LogP contribution in [0.1, 0.15) is 22.4 Å². The van der Waals surface area contributed by atoms with Crippen molar-refractivity contribution in [3.05, 3.63) is 93.7 Å². The third-order valence-electron chi connectivity index (χ3n) is 5.67. The molecule has 0 atom stereocenters. The number of nitrogens with one attached hydrogen (secondary N) is 1. The first-order valence-electron chi connectivity index (χ1n) is 10.4. The number of carbonyl (C=O) groups is 1. The number of benzene rings is 2. The topological polar surface area (TPSA) is 68.9 Å². The van der Waals surface area contributed by atoms with Crippen LogP contribution in [0.3, 0.4) is 0 Å². The minimum Gasteiger partial charge on any atom is -0.354 e. The van der Waals surface area contributed by atoms with E-state index in [1.165, 1.54) is 22.0 Å². The maximum atomic E-state index is 13.1. The predicted molar refractivity (Wildman–Crippen MR) is 123 cm³/mol. The summed E-state index contributed by atoms with van der Waals surface area (Å²) in [5.41, 5.74) is 5.59. The van der Waals surface area contributed by atoms with Crippen molar-refractivity contribution in [1.82, 2.24) is 19.4 Å². The van der Waals surface area contributed by atoms with Gasteiger partial charge in [0.1, 0.15) is 12.9 Å². The monoisotopic (exact) mass is 414 g/mol. The van der Waals surface area contributed by atoms with E-state index >= 15 is 0 Å². The van der Waals surface area contributed by atoms with Crippen LogP contribution in [0.25, 0.3) is 16.7 Å². The zero-order valence-electron chi connectivity index (χ0n) is 18.1. The molecule has 31 heavy (non-hydrogen) atoms. The molecular weight excluding hydrogens is 388 g/mol. The molecule has 2 aromatic carbocycles. The number of aromatic nitrogens is 3. The summed E-state index contributed by atoms with van der Waals surface area (Å²) in [5.74, 6) is -0.202. The van der Waals surface area contributed by atoms with Gasteiger partial charge in [0.25, 0.3) is 5.56 Å². The molecule has 6 heteroatoms. The molecule has 0 fully saturated rings. The molecule has 6 nitrogen and oxygen atoms in total. The van der Waals surface area contributed by atoms with Crippen molar-refractivity contribution in [1.29, 1.82) is 0 Å². The molecule has 0 unspecified atom stereocenters. The molecule has 0 aliphatic carbocycles. The molecule has 0 saturated carbocycles. The minimum absolute atomic E-state index is 0.0509. The predicted octanol–water partition coefficient (Wildman–Crippen LogP) is 3.47.